The monoisotopic (exact) mass is 389 g/mol. The number of amides is 1. The summed E-state index contributed by atoms with van der Waals surface area (Å²) in [5, 5.41) is 20.4. The molecule has 0 bridgehead atoms. The fraction of sp³-hybridized carbons (Fsp3) is 0. The van der Waals surface area contributed by atoms with Crippen LogP contribution in [0.1, 0.15) is 16.7 Å². The molecule has 1 amide bonds. The Bertz CT molecular complexity index is 1340. The topological polar surface area (TPSA) is 83.6 Å². The number of hydrogen-bond acceptors (Lipinski definition) is 4. The van der Waals surface area contributed by atoms with Crippen LogP contribution in [0, 0.1) is 11.3 Å². The Balaban J connectivity index is 1.42. The highest BCUT2D eigenvalue weighted by molar-refractivity contribution is 6.34. The molecular formula is C24H15N5O. The van der Waals surface area contributed by atoms with Gasteiger partial charge in [-0.15, -0.1) is 5.10 Å². The Morgan fingerprint density at radius 3 is 2.67 bits per heavy atom. The summed E-state index contributed by atoms with van der Waals surface area (Å²) >= 11 is 0. The van der Waals surface area contributed by atoms with Crippen molar-refractivity contribution >= 4 is 23.2 Å². The second-order valence-corrected chi connectivity index (χ2v) is 6.89. The zero-order chi connectivity index (χ0) is 20.5. The molecule has 0 fully saturated rings. The zero-order valence-corrected chi connectivity index (χ0v) is 15.8. The van der Waals surface area contributed by atoms with Gasteiger partial charge in [0.05, 0.1) is 23.5 Å². The first-order valence-corrected chi connectivity index (χ1v) is 9.37. The molecule has 0 saturated heterocycles. The maximum absolute atomic E-state index is 12.3. The van der Waals surface area contributed by atoms with Crippen molar-refractivity contribution in [2.75, 3.05) is 5.32 Å². The highest BCUT2D eigenvalue weighted by Crippen LogP contribution is 2.32. The standard InChI is InChI=1S/C24H15N5O/c25-14-17-4-3-5-19(12-17)29-15-23(27-28-29)18-10-8-16(9-11-18)13-21-20-6-1-2-7-22(20)26-24(21)30/h1-13,15H,(H,26,30). The van der Waals surface area contributed by atoms with Gasteiger partial charge in [0.25, 0.3) is 5.91 Å². The third-order valence-corrected chi connectivity index (χ3v) is 4.96. The SMILES string of the molecule is N#Cc1cccc(-n2cc(-c3ccc(C=C4C(=O)Nc5ccccc54)cc3)nn2)c1. The van der Waals surface area contributed by atoms with Gasteiger partial charge in [0.15, 0.2) is 0 Å². The first-order chi connectivity index (χ1) is 14.7. The predicted molar refractivity (Wildman–Crippen MR) is 114 cm³/mol. The molecule has 0 saturated carbocycles. The predicted octanol–water partition coefficient (Wildman–Crippen LogP) is 4.30. The number of nitrogens with zero attached hydrogens (tertiary/aromatic N) is 4. The lowest BCUT2D eigenvalue weighted by molar-refractivity contribution is -0.110. The molecule has 1 aliphatic rings. The zero-order valence-electron chi connectivity index (χ0n) is 15.8. The molecule has 6 heteroatoms. The number of carbonyl (C=O) groups excluding carboxylic acids is 1. The van der Waals surface area contributed by atoms with Crippen molar-refractivity contribution in [2.24, 2.45) is 0 Å². The lowest BCUT2D eigenvalue weighted by Gasteiger charge is -2.01. The van der Waals surface area contributed by atoms with Crippen LogP contribution in [0.15, 0.2) is 79.0 Å². The number of benzene rings is 3. The van der Waals surface area contributed by atoms with Crippen LogP contribution < -0.4 is 5.32 Å². The Morgan fingerprint density at radius 1 is 1.00 bits per heavy atom. The largest absolute Gasteiger partial charge is 0.321 e. The molecule has 6 nitrogen and oxygen atoms in total. The van der Waals surface area contributed by atoms with Crippen molar-refractivity contribution in [3.05, 3.63) is 95.7 Å². The molecule has 2 heterocycles. The lowest BCUT2D eigenvalue weighted by atomic mass is 10.0. The number of nitrogens with one attached hydrogen (secondary N) is 1. The number of aromatic nitrogens is 3. The van der Waals surface area contributed by atoms with Crippen LogP contribution in [0.2, 0.25) is 0 Å². The van der Waals surface area contributed by atoms with Crippen molar-refractivity contribution < 1.29 is 4.79 Å². The molecule has 30 heavy (non-hydrogen) atoms. The number of fused-ring (bicyclic) bond motifs is 1. The molecule has 0 radical (unpaired) electrons. The van der Waals surface area contributed by atoms with Crippen LogP contribution in [0.5, 0.6) is 0 Å². The Kier molecular flexibility index (Phi) is 4.19. The van der Waals surface area contributed by atoms with Gasteiger partial charge in [-0.3, -0.25) is 4.79 Å². The maximum atomic E-state index is 12.3. The molecule has 0 atom stereocenters. The second kappa shape index (κ2) is 7.15. The molecule has 1 aliphatic heterocycles. The van der Waals surface area contributed by atoms with E-state index in [-0.39, 0.29) is 5.91 Å². The average molecular weight is 389 g/mol. The van der Waals surface area contributed by atoms with Gasteiger partial charge >= 0.3 is 0 Å². The quantitative estimate of drug-likeness (QED) is 0.530. The molecule has 0 unspecified atom stereocenters. The molecule has 3 aromatic carbocycles. The summed E-state index contributed by atoms with van der Waals surface area (Å²) in [6.45, 7) is 0. The van der Waals surface area contributed by atoms with Crippen molar-refractivity contribution in [1.29, 1.82) is 5.26 Å². The minimum Gasteiger partial charge on any atom is -0.321 e. The molecule has 4 aromatic rings. The third kappa shape index (κ3) is 3.15. The van der Waals surface area contributed by atoms with Crippen LogP contribution in [-0.2, 0) is 4.79 Å². The summed E-state index contributed by atoms with van der Waals surface area (Å²) in [6, 6.07) is 24.8. The minimum absolute atomic E-state index is 0.0946. The maximum Gasteiger partial charge on any atom is 0.256 e. The third-order valence-electron chi connectivity index (χ3n) is 4.96. The fourth-order valence-electron chi connectivity index (χ4n) is 3.44. The molecule has 1 N–H and O–H groups in total. The van der Waals surface area contributed by atoms with Crippen molar-refractivity contribution in [2.45, 2.75) is 0 Å². The van der Waals surface area contributed by atoms with E-state index in [9.17, 15) is 4.79 Å². The molecule has 142 valence electrons. The summed E-state index contributed by atoms with van der Waals surface area (Å²) < 4.78 is 1.64. The van der Waals surface area contributed by atoms with E-state index in [4.69, 9.17) is 5.26 Å². The first kappa shape index (κ1) is 17.6. The van der Waals surface area contributed by atoms with Crippen molar-refractivity contribution in [3.8, 4) is 23.0 Å². The van der Waals surface area contributed by atoms with Gasteiger partial charge < -0.3 is 5.32 Å². The van der Waals surface area contributed by atoms with E-state index in [1.54, 1.807) is 16.8 Å². The highest BCUT2D eigenvalue weighted by atomic mass is 16.2. The Morgan fingerprint density at radius 2 is 1.83 bits per heavy atom. The van der Waals surface area contributed by atoms with E-state index >= 15 is 0 Å². The van der Waals surface area contributed by atoms with Gasteiger partial charge in [0.2, 0.25) is 0 Å². The highest BCUT2D eigenvalue weighted by Gasteiger charge is 2.23. The van der Waals surface area contributed by atoms with Gasteiger partial charge in [-0.25, -0.2) is 4.68 Å². The Hall–Kier alpha value is -4.50. The summed E-state index contributed by atoms with van der Waals surface area (Å²) in [5.74, 6) is -0.0946. The summed E-state index contributed by atoms with van der Waals surface area (Å²) in [6.07, 6.45) is 3.71. The number of para-hydroxylation sites is 1. The van der Waals surface area contributed by atoms with Crippen LogP contribution in [0.25, 0.3) is 28.6 Å². The summed E-state index contributed by atoms with van der Waals surface area (Å²) in [7, 11) is 0. The van der Waals surface area contributed by atoms with Gasteiger partial charge in [0.1, 0.15) is 5.69 Å². The number of carbonyl (C=O) groups is 1. The van der Waals surface area contributed by atoms with Gasteiger partial charge in [-0.1, -0.05) is 53.7 Å². The summed E-state index contributed by atoms with van der Waals surface area (Å²) in [5.41, 5.74) is 6.31. The van der Waals surface area contributed by atoms with E-state index in [1.165, 1.54) is 0 Å². The number of rotatable bonds is 3. The number of hydrogen-bond donors (Lipinski definition) is 1. The van der Waals surface area contributed by atoms with Crippen molar-refractivity contribution in [3.63, 3.8) is 0 Å². The van der Waals surface area contributed by atoms with E-state index in [0.717, 1.165) is 33.8 Å². The van der Waals surface area contributed by atoms with Crippen LogP contribution in [0.3, 0.4) is 0 Å². The summed E-state index contributed by atoms with van der Waals surface area (Å²) in [4.78, 5) is 12.3. The van der Waals surface area contributed by atoms with Gasteiger partial charge in [-0.2, -0.15) is 5.26 Å². The molecular weight excluding hydrogens is 374 g/mol. The average Bonchev–Trinajstić information content (AvgIpc) is 3.40. The smallest absolute Gasteiger partial charge is 0.256 e. The fourth-order valence-corrected chi connectivity index (χ4v) is 3.44. The van der Waals surface area contributed by atoms with Crippen LogP contribution in [-0.4, -0.2) is 20.9 Å². The molecule has 1 aromatic heterocycles. The normalized spacial score (nSPS) is 13.7. The van der Waals surface area contributed by atoms with Gasteiger partial charge in [-0.05, 0) is 35.9 Å². The van der Waals surface area contributed by atoms with E-state index < -0.39 is 0 Å². The Labute approximate surface area is 172 Å². The van der Waals surface area contributed by atoms with Crippen molar-refractivity contribution in [1.82, 2.24) is 15.0 Å². The number of nitriles is 1. The van der Waals surface area contributed by atoms with Crippen LogP contribution >= 0.6 is 0 Å². The first-order valence-electron chi connectivity index (χ1n) is 9.37. The minimum atomic E-state index is -0.0946. The number of anilines is 1. The van der Waals surface area contributed by atoms with Crippen LogP contribution in [0.4, 0.5) is 5.69 Å². The second-order valence-electron chi connectivity index (χ2n) is 6.89. The molecule has 0 spiro atoms. The van der Waals surface area contributed by atoms with Gasteiger partial charge in [0, 0.05) is 22.4 Å². The van der Waals surface area contributed by atoms with E-state index in [0.29, 0.717) is 11.1 Å². The van der Waals surface area contributed by atoms with E-state index in [2.05, 4.69) is 21.7 Å². The van der Waals surface area contributed by atoms with E-state index in [1.807, 2.05) is 72.9 Å². The lowest BCUT2D eigenvalue weighted by Crippen LogP contribution is -2.03. The molecule has 5 rings (SSSR count). The molecule has 0 aliphatic carbocycles.